The van der Waals surface area contributed by atoms with Crippen molar-refractivity contribution < 1.29 is 9.90 Å². The van der Waals surface area contributed by atoms with E-state index in [1.807, 2.05) is 18.2 Å². The predicted octanol–water partition coefficient (Wildman–Crippen LogP) is 5.24. The summed E-state index contributed by atoms with van der Waals surface area (Å²) in [5, 5.41) is 18.5. The molecule has 3 heterocycles. The second-order valence-electron chi connectivity index (χ2n) is 9.20. The Morgan fingerprint density at radius 1 is 1.06 bits per heavy atom. The molecule has 1 aliphatic carbocycles. The van der Waals surface area contributed by atoms with E-state index in [4.69, 9.17) is 4.98 Å². The number of para-hydroxylation sites is 1. The van der Waals surface area contributed by atoms with E-state index in [0.29, 0.717) is 22.8 Å². The lowest BCUT2D eigenvalue weighted by atomic mass is 9.96. The van der Waals surface area contributed by atoms with E-state index in [1.165, 1.54) is 25.7 Å². The van der Waals surface area contributed by atoms with Gasteiger partial charge in [-0.15, -0.1) is 0 Å². The molecule has 2 aromatic heterocycles. The molecule has 33 heavy (non-hydrogen) atoms. The molecule has 7 nitrogen and oxygen atoms in total. The summed E-state index contributed by atoms with van der Waals surface area (Å²) in [5.74, 6) is 1.61. The first-order chi connectivity index (χ1) is 16.1. The third kappa shape index (κ3) is 4.71. The molecule has 5 rings (SSSR count). The van der Waals surface area contributed by atoms with Crippen LogP contribution in [0.3, 0.4) is 0 Å². The third-order valence-corrected chi connectivity index (χ3v) is 7.53. The number of nitrogens with zero attached hydrogens (tertiary/aromatic N) is 4. The van der Waals surface area contributed by atoms with Crippen LogP contribution >= 0.6 is 15.9 Å². The first-order valence-electron chi connectivity index (χ1n) is 12.0. The van der Waals surface area contributed by atoms with Gasteiger partial charge in [0.25, 0.3) is 0 Å². The number of piperidine rings is 1. The van der Waals surface area contributed by atoms with Gasteiger partial charge in [-0.05, 0) is 53.7 Å². The molecule has 0 spiro atoms. The minimum Gasteiger partial charge on any atom is -0.507 e. The van der Waals surface area contributed by atoms with Crippen molar-refractivity contribution in [3.63, 3.8) is 0 Å². The fourth-order valence-corrected chi connectivity index (χ4v) is 5.45. The molecule has 0 radical (unpaired) electrons. The topological polar surface area (TPSA) is 82.8 Å². The zero-order valence-electron chi connectivity index (χ0n) is 18.7. The van der Waals surface area contributed by atoms with Crippen LogP contribution in [0, 0.1) is 5.92 Å². The maximum atomic E-state index is 13.0. The van der Waals surface area contributed by atoms with Crippen LogP contribution in [0.15, 0.2) is 41.0 Å². The van der Waals surface area contributed by atoms with Gasteiger partial charge in [0.1, 0.15) is 11.6 Å². The summed E-state index contributed by atoms with van der Waals surface area (Å²) in [6, 6.07) is 9.40. The molecule has 8 heteroatoms. The number of rotatable bonds is 4. The second kappa shape index (κ2) is 9.71. The lowest BCUT2D eigenvalue weighted by Gasteiger charge is -2.35. The van der Waals surface area contributed by atoms with Gasteiger partial charge >= 0.3 is 0 Å². The number of carbonyl (C=O) groups excluding carboxylic acids is 1. The Hall–Kier alpha value is -2.61. The standard InChI is InChI=1S/C25H30BrN5O2/c26-20-16-27-31-23(15-21(29-24(20)31)19-9-5-6-10-22(19)32)28-18-11-13-30(14-12-18)25(33)17-7-3-1-2-4-8-17/h5-6,9-10,15-18,28,32H,1-4,7-8,11-14H2. The number of nitrogens with one attached hydrogen (secondary N) is 1. The van der Waals surface area contributed by atoms with E-state index in [2.05, 4.69) is 31.2 Å². The summed E-state index contributed by atoms with van der Waals surface area (Å²) in [5.41, 5.74) is 2.06. The molecule has 0 bridgehead atoms. The monoisotopic (exact) mass is 511 g/mol. The maximum absolute atomic E-state index is 13.0. The van der Waals surface area contributed by atoms with E-state index in [0.717, 1.165) is 49.1 Å². The fourth-order valence-electron chi connectivity index (χ4n) is 5.10. The molecule has 1 amide bonds. The van der Waals surface area contributed by atoms with Gasteiger partial charge in [0.05, 0.1) is 16.4 Å². The quantitative estimate of drug-likeness (QED) is 0.468. The van der Waals surface area contributed by atoms with Crippen LogP contribution in [-0.4, -0.2) is 49.6 Å². The van der Waals surface area contributed by atoms with E-state index >= 15 is 0 Å². The highest BCUT2D eigenvalue weighted by Gasteiger charge is 2.29. The molecular weight excluding hydrogens is 482 g/mol. The summed E-state index contributed by atoms with van der Waals surface area (Å²) < 4.78 is 2.59. The van der Waals surface area contributed by atoms with Gasteiger partial charge in [0.2, 0.25) is 5.91 Å². The molecule has 2 aliphatic rings. The van der Waals surface area contributed by atoms with Crippen molar-refractivity contribution in [3.05, 3.63) is 41.0 Å². The Labute approximate surface area is 202 Å². The first-order valence-corrected chi connectivity index (χ1v) is 12.8. The Morgan fingerprint density at radius 2 is 1.79 bits per heavy atom. The minimum atomic E-state index is 0.196. The van der Waals surface area contributed by atoms with Crippen molar-refractivity contribution in [1.29, 1.82) is 0 Å². The molecule has 2 N–H and O–H groups in total. The normalized spacial score (nSPS) is 18.4. The highest BCUT2D eigenvalue weighted by atomic mass is 79.9. The van der Waals surface area contributed by atoms with Crippen LogP contribution in [0.4, 0.5) is 5.82 Å². The summed E-state index contributed by atoms with van der Waals surface area (Å²) in [4.78, 5) is 19.8. The van der Waals surface area contributed by atoms with Crippen LogP contribution in [0.5, 0.6) is 5.75 Å². The van der Waals surface area contributed by atoms with Crippen LogP contribution in [0.2, 0.25) is 0 Å². The van der Waals surface area contributed by atoms with E-state index < -0.39 is 0 Å². The van der Waals surface area contributed by atoms with Crippen molar-refractivity contribution in [2.75, 3.05) is 18.4 Å². The number of phenols is 1. The molecule has 1 aliphatic heterocycles. The number of aromatic hydroxyl groups is 1. The van der Waals surface area contributed by atoms with Crippen LogP contribution in [0.25, 0.3) is 16.9 Å². The van der Waals surface area contributed by atoms with Gasteiger partial charge in [0.15, 0.2) is 5.65 Å². The molecule has 1 saturated heterocycles. The summed E-state index contributed by atoms with van der Waals surface area (Å²) in [6.07, 6.45) is 10.5. The number of hydrogen-bond donors (Lipinski definition) is 2. The van der Waals surface area contributed by atoms with Gasteiger partial charge in [0, 0.05) is 36.7 Å². The van der Waals surface area contributed by atoms with Gasteiger partial charge in [-0.25, -0.2) is 4.98 Å². The smallest absolute Gasteiger partial charge is 0.225 e. The fraction of sp³-hybridized carbons (Fsp3) is 0.480. The van der Waals surface area contributed by atoms with Gasteiger partial charge in [-0.1, -0.05) is 37.8 Å². The SMILES string of the molecule is O=C(C1CCCCCC1)N1CCC(Nc2cc(-c3ccccc3O)nc3c(Br)cnn23)CC1. The average Bonchev–Trinajstić information content (AvgIpc) is 3.03. The van der Waals surface area contributed by atoms with Gasteiger partial charge in [-0.2, -0.15) is 9.61 Å². The number of likely N-dealkylation sites (tertiary alicyclic amines) is 1. The first kappa shape index (κ1) is 22.2. The Bertz CT molecular complexity index is 1130. The number of benzene rings is 1. The number of halogens is 1. The molecule has 0 unspecified atom stereocenters. The Kier molecular flexibility index (Phi) is 6.53. The molecular formula is C25H30BrN5O2. The highest BCUT2D eigenvalue weighted by Crippen LogP contribution is 2.32. The second-order valence-corrected chi connectivity index (χ2v) is 10.1. The van der Waals surface area contributed by atoms with Gasteiger partial charge in [-0.3, -0.25) is 4.79 Å². The number of phenolic OH excluding ortho intramolecular Hbond substituents is 1. The molecule has 2 fully saturated rings. The lowest BCUT2D eigenvalue weighted by molar-refractivity contribution is -0.136. The maximum Gasteiger partial charge on any atom is 0.225 e. The van der Waals surface area contributed by atoms with Gasteiger partial charge < -0.3 is 15.3 Å². The Morgan fingerprint density at radius 3 is 2.52 bits per heavy atom. The van der Waals surface area contributed by atoms with Crippen molar-refractivity contribution >= 4 is 33.3 Å². The highest BCUT2D eigenvalue weighted by molar-refractivity contribution is 9.10. The molecule has 1 saturated carbocycles. The van der Waals surface area contributed by atoms with E-state index in [1.54, 1.807) is 22.8 Å². The zero-order valence-corrected chi connectivity index (χ0v) is 20.3. The van der Waals surface area contributed by atoms with Crippen LogP contribution in [-0.2, 0) is 4.79 Å². The number of anilines is 1. The minimum absolute atomic E-state index is 0.196. The number of aromatic nitrogens is 3. The summed E-state index contributed by atoms with van der Waals surface area (Å²) >= 11 is 3.54. The predicted molar refractivity (Wildman–Crippen MR) is 132 cm³/mol. The summed E-state index contributed by atoms with van der Waals surface area (Å²) in [6.45, 7) is 1.58. The molecule has 0 atom stereocenters. The number of carbonyl (C=O) groups is 1. The third-order valence-electron chi connectivity index (χ3n) is 6.97. The largest absolute Gasteiger partial charge is 0.507 e. The number of amides is 1. The number of hydrogen-bond acceptors (Lipinski definition) is 5. The zero-order chi connectivity index (χ0) is 22.8. The average molecular weight is 512 g/mol. The molecule has 1 aromatic carbocycles. The molecule has 174 valence electrons. The lowest BCUT2D eigenvalue weighted by Crippen LogP contribution is -2.45. The van der Waals surface area contributed by atoms with E-state index in [9.17, 15) is 9.90 Å². The summed E-state index contributed by atoms with van der Waals surface area (Å²) in [7, 11) is 0. The number of fused-ring (bicyclic) bond motifs is 1. The van der Waals surface area contributed by atoms with E-state index in [-0.39, 0.29) is 17.7 Å². The van der Waals surface area contributed by atoms with Crippen molar-refractivity contribution in [3.8, 4) is 17.0 Å². The Balaban J connectivity index is 1.32. The van der Waals surface area contributed by atoms with Crippen molar-refractivity contribution in [2.45, 2.75) is 57.4 Å². The van der Waals surface area contributed by atoms with Crippen molar-refractivity contribution in [2.24, 2.45) is 5.92 Å². The van der Waals surface area contributed by atoms with Crippen LogP contribution < -0.4 is 5.32 Å². The van der Waals surface area contributed by atoms with Crippen molar-refractivity contribution in [1.82, 2.24) is 19.5 Å². The molecule has 3 aromatic rings. The van der Waals surface area contributed by atoms with Crippen LogP contribution in [0.1, 0.15) is 51.4 Å².